The summed E-state index contributed by atoms with van der Waals surface area (Å²) in [6.07, 6.45) is 0. The third-order valence-corrected chi connectivity index (χ3v) is 3.68. The minimum Gasteiger partial charge on any atom is -0.478 e. The van der Waals surface area contributed by atoms with Crippen LogP contribution in [0.3, 0.4) is 0 Å². The molecule has 0 unspecified atom stereocenters. The molecule has 0 amide bonds. The first-order chi connectivity index (χ1) is 9.96. The Balaban J connectivity index is 2.09. The number of hydrogen-bond acceptors (Lipinski definition) is 4. The Bertz CT molecular complexity index is 697. The van der Waals surface area contributed by atoms with Crippen LogP contribution in [-0.4, -0.2) is 41.4 Å². The van der Waals surface area contributed by atoms with E-state index < -0.39 is 5.97 Å². The number of ether oxygens (including phenoxy) is 1. The third kappa shape index (κ3) is 2.69. The average molecular weight is 286 g/mol. The van der Waals surface area contributed by atoms with Crippen molar-refractivity contribution in [2.45, 2.75) is 19.4 Å². The molecule has 21 heavy (non-hydrogen) atoms. The summed E-state index contributed by atoms with van der Waals surface area (Å²) in [6.45, 7) is 6.08. The van der Waals surface area contributed by atoms with Crippen LogP contribution in [0.15, 0.2) is 30.3 Å². The van der Waals surface area contributed by atoms with Crippen LogP contribution in [0.4, 0.5) is 5.82 Å². The van der Waals surface area contributed by atoms with Crippen LogP contribution in [0.5, 0.6) is 0 Å². The predicted molar refractivity (Wildman–Crippen MR) is 80.9 cm³/mol. The molecule has 1 aliphatic rings. The van der Waals surface area contributed by atoms with Gasteiger partial charge in [-0.1, -0.05) is 18.2 Å². The van der Waals surface area contributed by atoms with Crippen molar-refractivity contribution in [3.63, 3.8) is 0 Å². The van der Waals surface area contributed by atoms with Gasteiger partial charge in [0.15, 0.2) is 0 Å². The second kappa shape index (κ2) is 5.00. The molecule has 1 N–H and O–H groups in total. The zero-order valence-corrected chi connectivity index (χ0v) is 12.2. The van der Waals surface area contributed by atoms with Crippen LogP contribution < -0.4 is 4.90 Å². The molecule has 0 atom stereocenters. The number of hydrogen-bond donors (Lipinski definition) is 1. The molecule has 0 spiro atoms. The second-order valence-electron chi connectivity index (χ2n) is 5.88. The number of para-hydroxylation sites is 1. The lowest BCUT2D eigenvalue weighted by molar-refractivity contribution is -0.0278. The zero-order valence-electron chi connectivity index (χ0n) is 12.2. The number of carboxylic acids is 1. The van der Waals surface area contributed by atoms with E-state index >= 15 is 0 Å². The Morgan fingerprint density at radius 2 is 2.14 bits per heavy atom. The Morgan fingerprint density at radius 1 is 1.38 bits per heavy atom. The molecule has 1 aromatic carbocycles. The van der Waals surface area contributed by atoms with E-state index in [1.165, 1.54) is 0 Å². The van der Waals surface area contributed by atoms with Crippen molar-refractivity contribution in [2.75, 3.05) is 24.6 Å². The number of fused-ring (bicyclic) bond motifs is 1. The van der Waals surface area contributed by atoms with Crippen molar-refractivity contribution in [3.8, 4) is 0 Å². The molecular weight excluding hydrogens is 268 g/mol. The molecule has 1 fully saturated rings. The van der Waals surface area contributed by atoms with Crippen molar-refractivity contribution in [1.29, 1.82) is 0 Å². The largest absolute Gasteiger partial charge is 0.478 e. The molecule has 0 radical (unpaired) electrons. The normalized spacial score (nSPS) is 17.9. The lowest BCUT2D eigenvalue weighted by atomic mass is 10.1. The number of aromatic nitrogens is 1. The highest BCUT2D eigenvalue weighted by Crippen LogP contribution is 2.26. The first-order valence-corrected chi connectivity index (χ1v) is 6.98. The summed E-state index contributed by atoms with van der Waals surface area (Å²) in [6, 6.07) is 8.99. The van der Waals surface area contributed by atoms with E-state index in [4.69, 9.17) is 4.74 Å². The molecule has 5 heteroatoms. The summed E-state index contributed by atoms with van der Waals surface area (Å²) < 4.78 is 5.70. The number of aromatic carboxylic acids is 1. The van der Waals surface area contributed by atoms with Crippen LogP contribution in [0, 0.1) is 0 Å². The number of rotatable bonds is 2. The Hall–Kier alpha value is -2.14. The fourth-order valence-corrected chi connectivity index (χ4v) is 2.71. The Labute approximate surface area is 123 Å². The van der Waals surface area contributed by atoms with Crippen molar-refractivity contribution < 1.29 is 14.6 Å². The summed E-state index contributed by atoms with van der Waals surface area (Å²) in [5, 5.41) is 10.1. The van der Waals surface area contributed by atoms with Crippen LogP contribution >= 0.6 is 0 Å². The Kier molecular flexibility index (Phi) is 3.29. The summed E-state index contributed by atoms with van der Waals surface area (Å²) in [4.78, 5) is 18.2. The maximum atomic E-state index is 11.5. The van der Waals surface area contributed by atoms with E-state index in [1.807, 2.05) is 32.0 Å². The van der Waals surface area contributed by atoms with Crippen LogP contribution in [0.2, 0.25) is 0 Å². The lowest BCUT2D eigenvalue weighted by Gasteiger charge is -2.38. The molecule has 0 bridgehead atoms. The third-order valence-electron chi connectivity index (χ3n) is 3.68. The van der Waals surface area contributed by atoms with Crippen LogP contribution in [-0.2, 0) is 4.74 Å². The summed E-state index contributed by atoms with van der Waals surface area (Å²) >= 11 is 0. The first kappa shape index (κ1) is 13.8. The molecule has 1 saturated heterocycles. The number of benzene rings is 1. The monoisotopic (exact) mass is 286 g/mol. The van der Waals surface area contributed by atoms with Gasteiger partial charge in [0.1, 0.15) is 5.82 Å². The number of nitrogens with zero attached hydrogens (tertiary/aromatic N) is 2. The van der Waals surface area contributed by atoms with Gasteiger partial charge in [-0.15, -0.1) is 0 Å². The standard InChI is InChI=1S/C16H18N2O3/c1-16(2)10-18(7-8-21-16)14-9-12(15(19)20)11-5-3-4-6-13(11)17-14/h3-6,9H,7-8,10H2,1-2H3,(H,19,20). The molecule has 1 aromatic heterocycles. The van der Waals surface area contributed by atoms with Gasteiger partial charge < -0.3 is 14.7 Å². The highest BCUT2D eigenvalue weighted by molar-refractivity contribution is 6.03. The predicted octanol–water partition coefficient (Wildman–Crippen LogP) is 2.55. The van der Waals surface area contributed by atoms with Crippen molar-refractivity contribution in [1.82, 2.24) is 4.98 Å². The van der Waals surface area contributed by atoms with Gasteiger partial charge in [0.25, 0.3) is 0 Å². The van der Waals surface area contributed by atoms with Crippen molar-refractivity contribution in [2.24, 2.45) is 0 Å². The van der Waals surface area contributed by atoms with Gasteiger partial charge in [0.2, 0.25) is 0 Å². The van der Waals surface area contributed by atoms with Gasteiger partial charge in [-0.05, 0) is 26.0 Å². The Morgan fingerprint density at radius 3 is 2.86 bits per heavy atom. The smallest absolute Gasteiger partial charge is 0.336 e. The second-order valence-corrected chi connectivity index (χ2v) is 5.88. The van der Waals surface area contributed by atoms with Gasteiger partial charge in [0, 0.05) is 18.5 Å². The molecule has 2 heterocycles. The molecule has 1 aliphatic heterocycles. The SMILES string of the molecule is CC1(C)CN(c2cc(C(=O)O)c3ccccc3n2)CCO1. The number of pyridine rings is 1. The molecule has 110 valence electrons. The minimum absolute atomic E-state index is 0.255. The van der Waals surface area contributed by atoms with Gasteiger partial charge in [-0.25, -0.2) is 9.78 Å². The van der Waals surface area contributed by atoms with Crippen molar-refractivity contribution in [3.05, 3.63) is 35.9 Å². The zero-order chi connectivity index (χ0) is 15.0. The maximum Gasteiger partial charge on any atom is 0.336 e. The first-order valence-electron chi connectivity index (χ1n) is 6.98. The van der Waals surface area contributed by atoms with Gasteiger partial charge in [-0.2, -0.15) is 0 Å². The number of carboxylic acid groups (broad SMARTS) is 1. The lowest BCUT2D eigenvalue weighted by Crippen LogP contribution is -2.48. The van der Waals surface area contributed by atoms with E-state index in [9.17, 15) is 9.90 Å². The van der Waals surface area contributed by atoms with Gasteiger partial charge >= 0.3 is 5.97 Å². The van der Waals surface area contributed by atoms with E-state index in [1.54, 1.807) is 12.1 Å². The van der Waals surface area contributed by atoms with E-state index in [2.05, 4.69) is 9.88 Å². The van der Waals surface area contributed by atoms with Crippen LogP contribution in [0.1, 0.15) is 24.2 Å². The van der Waals surface area contributed by atoms with Gasteiger partial charge in [0.05, 0.1) is 23.3 Å². The number of anilines is 1. The average Bonchev–Trinajstić information content (AvgIpc) is 2.45. The molecule has 0 saturated carbocycles. The van der Waals surface area contributed by atoms with Crippen LogP contribution in [0.25, 0.3) is 10.9 Å². The fourth-order valence-electron chi connectivity index (χ4n) is 2.71. The highest BCUT2D eigenvalue weighted by atomic mass is 16.5. The summed E-state index contributed by atoms with van der Waals surface area (Å²) in [7, 11) is 0. The molecule has 3 rings (SSSR count). The summed E-state index contributed by atoms with van der Waals surface area (Å²) in [5.74, 6) is -0.232. The molecule has 5 nitrogen and oxygen atoms in total. The molecule has 2 aromatic rings. The van der Waals surface area contributed by atoms with E-state index in [0.717, 1.165) is 0 Å². The molecule has 0 aliphatic carbocycles. The maximum absolute atomic E-state index is 11.5. The quantitative estimate of drug-likeness (QED) is 0.919. The number of morpholine rings is 1. The summed E-state index contributed by atoms with van der Waals surface area (Å²) in [5.41, 5.74) is 0.742. The fraction of sp³-hybridized carbons (Fsp3) is 0.375. The van der Waals surface area contributed by atoms with Crippen molar-refractivity contribution >= 4 is 22.7 Å². The van der Waals surface area contributed by atoms with E-state index in [0.29, 0.717) is 42.0 Å². The number of carbonyl (C=O) groups is 1. The van der Waals surface area contributed by atoms with Gasteiger partial charge in [-0.3, -0.25) is 0 Å². The molecular formula is C16H18N2O3. The van der Waals surface area contributed by atoms with E-state index in [-0.39, 0.29) is 5.60 Å². The minimum atomic E-state index is -0.928. The highest BCUT2D eigenvalue weighted by Gasteiger charge is 2.28. The topological polar surface area (TPSA) is 62.7 Å².